The molecule has 0 bridgehead atoms. The van der Waals surface area contributed by atoms with Crippen LogP contribution in [0.3, 0.4) is 0 Å². The van der Waals surface area contributed by atoms with Gasteiger partial charge in [0.25, 0.3) is 0 Å². The molecule has 0 unspecified atom stereocenters. The van der Waals surface area contributed by atoms with E-state index in [1.165, 1.54) is 38.5 Å². The van der Waals surface area contributed by atoms with Crippen LogP contribution in [0.2, 0.25) is 0 Å². The average molecular weight is 530 g/mol. The fraction of sp³-hybridized carbons (Fsp3) is 0.773. The first-order valence-electron chi connectivity index (χ1n) is 11.6. The summed E-state index contributed by atoms with van der Waals surface area (Å²) < 4.78 is 0. The summed E-state index contributed by atoms with van der Waals surface area (Å²) in [5.41, 5.74) is 0. The SMILES string of the molecule is CCNC(=NCCCN1CCN(c2ncccn2)CC1)NCCCC1CCCC1.I. The van der Waals surface area contributed by atoms with Crippen LogP contribution in [0.15, 0.2) is 23.5 Å². The molecular formula is C22H40IN7. The molecule has 8 heteroatoms. The van der Waals surface area contributed by atoms with Crippen molar-refractivity contribution >= 4 is 35.9 Å². The Morgan fingerprint density at radius 2 is 1.80 bits per heavy atom. The van der Waals surface area contributed by atoms with E-state index in [1.807, 2.05) is 18.5 Å². The highest BCUT2D eigenvalue weighted by Crippen LogP contribution is 2.28. The Kier molecular flexibility index (Phi) is 12.4. The van der Waals surface area contributed by atoms with Gasteiger partial charge in [-0.05, 0) is 38.2 Å². The minimum Gasteiger partial charge on any atom is -0.357 e. The second-order valence-corrected chi connectivity index (χ2v) is 8.21. The van der Waals surface area contributed by atoms with Crippen LogP contribution >= 0.6 is 24.0 Å². The number of nitrogens with zero attached hydrogens (tertiary/aromatic N) is 5. The van der Waals surface area contributed by atoms with Gasteiger partial charge in [-0.25, -0.2) is 9.97 Å². The molecule has 1 saturated carbocycles. The van der Waals surface area contributed by atoms with Crippen molar-refractivity contribution in [3.63, 3.8) is 0 Å². The lowest BCUT2D eigenvalue weighted by molar-refractivity contribution is 0.255. The average Bonchev–Trinajstić information content (AvgIpc) is 3.29. The lowest BCUT2D eigenvalue weighted by Gasteiger charge is -2.34. The summed E-state index contributed by atoms with van der Waals surface area (Å²) in [5, 5.41) is 6.89. The number of piperazine rings is 1. The van der Waals surface area contributed by atoms with E-state index in [0.717, 1.165) is 76.6 Å². The Labute approximate surface area is 199 Å². The number of rotatable bonds is 10. The number of guanidine groups is 1. The molecule has 2 N–H and O–H groups in total. The van der Waals surface area contributed by atoms with Gasteiger partial charge in [-0.3, -0.25) is 9.89 Å². The summed E-state index contributed by atoms with van der Waals surface area (Å²) in [4.78, 5) is 18.3. The van der Waals surface area contributed by atoms with Gasteiger partial charge in [0.15, 0.2) is 5.96 Å². The zero-order chi connectivity index (χ0) is 20.2. The fourth-order valence-corrected chi connectivity index (χ4v) is 4.35. The third-order valence-corrected chi connectivity index (χ3v) is 6.01. The fourth-order valence-electron chi connectivity index (χ4n) is 4.35. The first-order chi connectivity index (χ1) is 14.3. The van der Waals surface area contributed by atoms with Crippen molar-refractivity contribution in [1.29, 1.82) is 0 Å². The molecule has 30 heavy (non-hydrogen) atoms. The van der Waals surface area contributed by atoms with E-state index in [4.69, 9.17) is 4.99 Å². The maximum Gasteiger partial charge on any atom is 0.225 e. The largest absolute Gasteiger partial charge is 0.357 e. The van der Waals surface area contributed by atoms with Crippen molar-refractivity contribution in [3.8, 4) is 0 Å². The lowest BCUT2D eigenvalue weighted by Crippen LogP contribution is -2.47. The monoisotopic (exact) mass is 529 g/mol. The predicted octanol–water partition coefficient (Wildman–Crippen LogP) is 3.13. The van der Waals surface area contributed by atoms with Crippen molar-refractivity contribution in [2.24, 2.45) is 10.9 Å². The second-order valence-electron chi connectivity index (χ2n) is 8.21. The lowest BCUT2D eigenvalue weighted by atomic mass is 10.0. The van der Waals surface area contributed by atoms with Crippen LogP contribution < -0.4 is 15.5 Å². The number of aliphatic imine (C=N–C) groups is 1. The third-order valence-electron chi connectivity index (χ3n) is 6.01. The van der Waals surface area contributed by atoms with Crippen molar-refractivity contribution in [2.75, 3.05) is 57.3 Å². The van der Waals surface area contributed by atoms with Crippen LogP contribution in [0.1, 0.15) is 51.9 Å². The highest BCUT2D eigenvalue weighted by Gasteiger charge is 2.18. The van der Waals surface area contributed by atoms with Gasteiger partial charge in [0.05, 0.1) is 0 Å². The van der Waals surface area contributed by atoms with Crippen molar-refractivity contribution in [1.82, 2.24) is 25.5 Å². The smallest absolute Gasteiger partial charge is 0.225 e. The number of aromatic nitrogens is 2. The molecule has 1 aliphatic heterocycles. The zero-order valence-corrected chi connectivity index (χ0v) is 20.9. The quantitative estimate of drug-likeness (QED) is 0.210. The van der Waals surface area contributed by atoms with E-state index in [-0.39, 0.29) is 24.0 Å². The van der Waals surface area contributed by atoms with E-state index >= 15 is 0 Å². The molecule has 0 spiro atoms. The van der Waals surface area contributed by atoms with Crippen LogP contribution in [0.4, 0.5) is 5.95 Å². The first-order valence-corrected chi connectivity index (χ1v) is 11.6. The van der Waals surface area contributed by atoms with E-state index < -0.39 is 0 Å². The minimum atomic E-state index is 0. The van der Waals surface area contributed by atoms with Gasteiger partial charge < -0.3 is 15.5 Å². The molecule has 1 aliphatic carbocycles. The van der Waals surface area contributed by atoms with Crippen LogP contribution in [0, 0.1) is 5.92 Å². The van der Waals surface area contributed by atoms with Crippen LogP contribution in [0.5, 0.6) is 0 Å². The molecule has 2 fully saturated rings. The Hall–Kier alpha value is -1.16. The van der Waals surface area contributed by atoms with Gasteiger partial charge in [0, 0.05) is 64.8 Å². The molecule has 0 aromatic carbocycles. The summed E-state index contributed by atoms with van der Waals surface area (Å²) in [6.45, 7) is 10.2. The summed E-state index contributed by atoms with van der Waals surface area (Å²) in [7, 11) is 0. The Morgan fingerprint density at radius 3 is 2.50 bits per heavy atom. The molecule has 0 radical (unpaired) electrons. The molecule has 0 atom stereocenters. The number of hydrogen-bond acceptors (Lipinski definition) is 5. The highest BCUT2D eigenvalue weighted by molar-refractivity contribution is 14.0. The molecule has 7 nitrogen and oxygen atoms in total. The zero-order valence-electron chi connectivity index (χ0n) is 18.6. The van der Waals surface area contributed by atoms with Crippen LogP contribution in [0.25, 0.3) is 0 Å². The summed E-state index contributed by atoms with van der Waals surface area (Å²) >= 11 is 0. The molecule has 1 aromatic rings. The van der Waals surface area contributed by atoms with E-state index in [2.05, 4.69) is 37.3 Å². The van der Waals surface area contributed by atoms with Crippen molar-refractivity contribution in [3.05, 3.63) is 18.5 Å². The summed E-state index contributed by atoms with van der Waals surface area (Å²) in [6, 6.07) is 1.87. The summed E-state index contributed by atoms with van der Waals surface area (Å²) in [5.74, 6) is 2.81. The van der Waals surface area contributed by atoms with Gasteiger partial charge in [-0.1, -0.05) is 25.7 Å². The van der Waals surface area contributed by atoms with Gasteiger partial charge >= 0.3 is 0 Å². The second kappa shape index (κ2) is 14.8. The Bertz CT molecular complexity index is 584. The molecule has 1 aromatic heterocycles. The van der Waals surface area contributed by atoms with Gasteiger partial charge in [0.2, 0.25) is 5.95 Å². The van der Waals surface area contributed by atoms with Crippen molar-refractivity contribution < 1.29 is 0 Å². The number of halogens is 1. The molecule has 0 amide bonds. The predicted molar refractivity (Wildman–Crippen MR) is 136 cm³/mol. The number of hydrogen-bond donors (Lipinski definition) is 2. The van der Waals surface area contributed by atoms with E-state index in [0.29, 0.717) is 0 Å². The molecule has 1 saturated heterocycles. The molecule has 3 rings (SSSR count). The van der Waals surface area contributed by atoms with Crippen molar-refractivity contribution in [2.45, 2.75) is 51.9 Å². The topological polar surface area (TPSA) is 68.7 Å². The molecule has 170 valence electrons. The molecule has 2 heterocycles. The molecule has 2 aliphatic rings. The third kappa shape index (κ3) is 8.91. The summed E-state index contributed by atoms with van der Waals surface area (Å²) in [6.07, 6.45) is 13.1. The van der Waals surface area contributed by atoms with Gasteiger partial charge in [-0.15, -0.1) is 24.0 Å². The normalized spacial score (nSPS) is 18.3. The minimum absolute atomic E-state index is 0. The van der Waals surface area contributed by atoms with Crippen LogP contribution in [-0.4, -0.2) is 73.2 Å². The molecular weight excluding hydrogens is 489 g/mol. The standard InChI is InChI=1S/C22H39N7.HI/c1-2-23-21(24-11-5-10-20-8-3-4-9-20)25-14-7-15-28-16-18-29(19-17-28)22-26-12-6-13-27-22;/h6,12-13,20H,2-5,7-11,14-19H2,1H3,(H2,23,24,25);1H. The number of anilines is 1. The Morgan fingerprint density at radius 1 is 1.07 bits per heavy atom. The first kappa shape index (κ1) is 25.1. The maximum atomic E-state index is 4.77. The van der Waals surface area contributed by atoms with Crippen LogP contribution in [-0.2, 0) is 0 Å². The highest BCUT2D eigenvalue weighted by atomic mass is 127. The van der Waals surface area contributed by atoms with Gasteiger partial charge in [0.1, 0.15) is 0 Å². The number of nitrogens with one attached hydrogen (secondary N) is 2. The Balaban J connectivity index is 0.00000320. The van der Waals surface area contributed by atoms with E-state index in [1.54, 1.807) is 0 Å². The maximum absolute atomic E-state index is 4.77. The van der Waals surface area contributed by atoms with E-state index in [9.17, 15) is 0 Å². The van der Waals surface area contributed by atoms with Gasteiger partial charge in [-0.2, -0.15) is 0 Å².